The van der Waals surface area contributed by atoms with Gasteiger partial charge >= 0.3 is 0 Å². The number of unbranched alkanes of at least 4 members (excludes halogenated alkanes) is 7. The highest BCUT2D eigenvalue weighted by Gasteiger charge is 2.07. The highest BCUT2D eigenvalue weighted by molar-refractivity contribution is 5.35. The van der Waals surface area contributed by atoms with E-state index in [1.165, 1.54) is 57.1 Å². The Bertz CT molecular complexity index is 756. The molecule has 0 saturated heterocycles. The van der Waals surface area contributed by atoms with Gasteiger partial charge in [-0.25, -0.2) is 4.39 Å². The molecule has 1 heterocycles. The van der Waals surface area contributed by atoms with Gasteiger partial charge in [0.15, 0.2) is 0 Å². The van der Waals surface area contributed by atoms with Crippen molar-refractivity contribution in [3.8, 4) is 0 Å². The molecule has 2 aromatic rings. The first kappa shape index (κ1) is 28.9. The van der Waals surface area contributed by atoms with Crippen molar-refractivity contribution in [1.29, 1.82) is 0 Å². The Balaban J connectivity index is 1.82. The topological polar surface area (TPSA) is 107 Å². The van der Waals surface area contributed by atoms with Gasteiger partial charge in [0.1, 0.15) is 11.6 Å². The SMILES string of the molecule is CCCCCCCCCCc1nc(NCCOCCOCCN)nc(NCc2ccc(F)cc2)n1. The third kappa shape index (κ3) is 13.9. The summed E-state index contributed by atoms with van der Waals surface area (Å²) >= 11 is 0. The zero-order chi connectivity index (χ0) is 25.0. The fourth-order valence-electron chi connectivity index (χ4n) is 3.53. The van der Waals surface area contributed by atoms with Crippen molar-refractivity contribution < 1.29 is 13.9 Å². The van der Waals surface area contributed by atoms with Crippen molar-refractivity contribution in [2.75, 3.05) is 50.2 Å². The van der Waals surface area contributed by atoms with Crippen LogP contribution in [0.2, 0.25) is 0 Å². The van der Waals surface area contributed by atoms with Crippen LogP contribution in [0.25, 0.3) is 0 Å². The molecule has 0 atom stereocenters. The van der Waals surface area contributed by atoms with E-state index >= 15 is 0 Å². The zero-order valence-electron chi connectivity index (χ0n) is 21.2. The number of aryl methyl sites for hydroxylation is 1. The quantitative estimate of drug-likeness (QED) is 0.216. The molecule has 0 amide bonds. The molecule has 0 aliphatic rings. The molecule has 1 aromatic heterocycles. The van der Waals surface area contributed by atoms with E-state index in [1.54, 1.807) is 12.1 Å². The third-order valence-corrected chi connectivity index (χ3v) is 5.46. The standard InChI is InChI=1S/C26H43FN6O2/c1-2-3-4-5-6-7-8-9-10-24-31-25(29-16-18-35-20-19-34-17-15-28)33-26(32-24)30-21-22-11-13-23(27)14-12-22/h11-14H,2-10,15-21,28H2,1H3,(H2,29,30,31,32,33). The van der Waals surface area contributed by atoms with Gasteiger partial charge in [0.2, 0.25) is 11.9 Å². The molecule has 0 saturated carbocycles. The maximum atomic E-state index is 13.2. The first-order chi connectivity index (χ1) is 17.2. The minimum atomic E-state index is -0.249. The van der Waals surface area contributed by atoms with E-state index in [-0.39, 0.29) is 5.82 Å². The largest absolute Gasteiger partial charge is 0.378 e. The normalized spacial score (nSPS) is 11.1. The Morgan fingerprint density at radius 1 is 0.771 bits per heavy atom. The Labute approximate surface area is 209 Å². The van der Waals surface area contributed by atoms with Crippen molar-refractivity contribution in [3.63, 3.8) is 0 Å². The smallest absolute Gasteiger partial charge is 0.228 e. The van der Waals surface area contributed by atoms with Crippen LogP contribution in [0.3, 0.4) is 0 Å². The molecule has 196 valence electrons. The van der Waals surface area contributed by atoms with Crippen LogP contribution in [0.15, 0.2) is 24.3 Å². The maximum absolute atomic E-state index is 13.2. The van der Waals surface area contributed by atoms with Gasteiger partial charge in [-0.3, -0.25) is 0 Å². The van der Waals surface area contributed by atoms with Gasteiger partial charge in [0.25, 0.3) is 0 Å². The van der Waals surface area contributed by atoms with Gasteiger partial charge in [-0.05, 0) is 24.1 Å². The van der Waals surface area contributed by atoms with Gasteiger partial charge in [-0.2, -0.15) is 15.0 Å². The molecule has 0 fully saturated rings. The first-order valence-electron chi connectivity index (χ1n) is 13.0. The van der Waals surface area contributed by atoms with Crippen molar-refractivity contribution in [2.45, 2.75) is 71.3 Å². The molecule has 8 nitrogen and oxygen atoms in total. The predicted molar refractivity (Wildman–Crippen MR) is 139 cm³/mol. The number of nitrogens with one attached hydrogen (secondary N) is 2. The molecule has 0 aliphatic carbocycles. The Kier molecular flexibility index (Phi) is 15.6. The van der Waals surface area contributed by atoms with Crippen LogP contribution in [0.5, 0.6) is 0 Å². The van der Waals surface area contributed by atoms with Crippen LogP contribution >= 0.6 is 0 Å². The Morgan fingerprint density at radius 3 is 2.09 bits per heavy atom. The Hall–Kier alpha value is -2.36. The number of ether oxygens (including phenoxy) is 2. The van der Waals surface area contributed by atoms with Crippen LogP contribution in [-0.4, -0.2) is 54.5 Å². The van der Waals surface area contributed by atoms with E-state index in [4.69, 9.17) is 15.2 Å². The van der Waals surface area contributed by atoms with Gasteiger partial charge in [-0.15, -0.1) is 0 Å². The second-order valence-electron chi connectivity index (χ2n) is 8.54. The Morgan fingerprint density at radius 2 is 1.40 bits per heavy atom. The number of benzene rings is 1. The van der Waals surface area contributed by atoms with Crippen LogP contribution in [0.4, 0.5) is 16.3 Å². The lowest BCUT2D eigenvalue weighted by Crippen LogP contribution is -2.17. The minimum Gasteiger partial charge on any atom is -0.378 e. The molecule has 0 unspecified atom stereocenters. The van der Waals surface area contributed by atoms with Crippen LogP contribution in [0.1, 0.15) is 69.7 Å². The van der Waals surface area contributed by atoms with E-state index in [1.807, 2.05) is 0 Å². The maximum Gasteiger partial charge on any atom is 0.228 e. The van der Waals surface area contributed by atoms with Gasteiger partial charge in [0, 0.05) is 26.1 Å². The summed E-state index contributed by atoms with van der Waals surface area (Å²) in [7, 11) is 0. The summed E-state index contributed by atoms with van der Waals surface area (Å²) in [6.07, 6.45) is 10.9. The van der Waals surface area contributed by atoms with Crippen molar-refractivity contribution in [3.05, 3.63) is 41.5 Å². The highest BCUT2D eigenvalue weighted by Crippen LogP contribution is 2.13. The lowest BCUT2D eigenvalue weighted by molar-refractivity contribution is 0.0547. The van der Waals surface area contributed by atoms with Crippen LogP contribution in [-0.2, 0) is 22.4 Å². The summed E-state index contributed by atoms with van der Waals surface area (Å²) in [5.74, 6) is 1.56. The molecule has 0 bridgehead atoms. The number of nitrogens with zero attached hydrogens (tertiary/aromatic N) is 3. The summed E-state index contributed by atoms with van der Waals surface area (Å²) < 4.78 is 24.0. The van der Waals surface area contributed by atoms with E-state index < -0.39 is 0 Å². The molecule has 0 spiro atoms. The second-order valence-corrected chi connectivity index (χ2v) is 8.54. The molecular formula is C26H43FN6O2. The minimum absolute atomic E-state index is 0.249. The summed E-state index contributed by atoms with van der Waals surface area (Å²) in [6, 6.07) is 6.40. The lowest BCUT2D eigenvalue weighted by Gasteiger charge is -2.11. The summed E-state index contributed by atoms with van der Waals surface area (Å²) in [6.45, 7) is 5.96. The number of rotatable bonds is 21. The van der Waals surface area contributed by atoms with E-state index in [0.29, 0.717) is 58.0 Å². The molecule has 35 heavy (non-hydrogen) atoms. The van der Waals surface area contributed by atoms with E-state index in [2.05, 4.69) is 32.5 Å². The van der Waals surface area contributed by atoms with E-state index in [0.717, 1.165) is 24.2 Å². The molecule has 9 heteroatoms. The predicted octanol–water partition coefficient (Wildman–Crippen LogP) is 4.71. The highest BCUT2D eigenvalue weighted by atomic mass is 19.1. The summed E-state index contributed by atoms with van der Waals surface area (Å²) in [5.41, 5.74) is 6.35. The van der Waals surface area contributed by atoms with Crippen molar-refractivity contribution >= 4 is 11.9 Å². The number of aromatic nitrogens is 3. The fourth-order valence-corrected chi connectivity index (χ4v) is 3.53. The average molecular weight is 491 g/mol. The molecular weight excluding hydrogens is 447 g/mol. The molecule has 2 rings (SSSR count). The van der Waals surface area contributed by atoms with Crippen LogP contribution in [0, 0.1) is 5.82 Å². The van der Waals surface area contributed by atoms with Crippen LogP contribution < -0.4 is 16.4 Å². The molecule has 4 N–H and O–H groups in total. The average Bonchev–Trinajstić information content (AvgIpc) is 2.87. The summed E-state index contributed by atoms with van der Waals surface area (Å²) in [4.78, 5) is 13.7. The number of hydrogen-bond donors (Lipinski definition) is 3. The number of hydrogen-bond acceptors (Lipinski definition) is 8. The van der Waals surface area contributed by atoms with Crippen molar-refractivity contribution in [2.24, 2.45) is 5.73 Å². The zero-order valence-corrected chi connectivity index (χ0v) is 21.2. The molecule has 0 aliphatic heterocycles. The third-order valence-electron chi connectivity index (χ3n) is 5.46. The lowest BCUT2D eigenvalue weighted by atomic mass is 10.1. The monoisotopic (exact) mass is 490 g/mol. The van der Waals surface area contributed by atoms with Gasteiger partial charge in [0.05, 0.1) is 26.4 Å². The summed E-state index contributed by atoms with van der Waals surface area (Å²) in [5, 5.41) is 6.46. The first-order valence-corrected chi connectivity index (χ1v) is 13.0. The van der Waals surface area contributed by atoms with Gasteiger partial charge < -0.3 is 25.8 Å². The molecule has 1 aromatic carbocycles. The van der Waals surface area contributed by atoms with Crippen molar-refractivity contribution in [1.82, 2.24) is 15.0 Å². The number of anilines is 2. The number of nitrogens with two attached hydrogens (primary N) is 1. The second kappa shape index (κ2) is 18.9. The number of halogens is 1. The van der Waals surface area contributed by atoms with E-state index in [9.17, 15) is 4.39 Å². The molecule has 0 radical (unpaired) electrons. The van der Waals surface area contributed by atoms with Gasteiger partial charge in [-0.1, -0.05) is 64.0 Å². The fraction of sp³-hybridized carbons (Fsp3) is 0.654.